The summed E-state index contributed by atoms with van der Waals surface area (Å²) in [6.45, 7) is 4.73. The molecular formula is C57H43N3. The number of anilines is 6. The number of nitrogens with zero attached hydrogens (tertiary/aromatic N) is 3. The fourth-order valence-electron chi connectivity index (χ4n) is 9.59. The van der Waals surface area contributed by atoms with Crippen LogP contribution in [-0.4, -0.2) is 4.57 Å². The van der Waals surface area contributed by atoms with Crippen molar-refractivity contribution >= 4 is 55.9 Å². The van der Waals surface area contributed by atoms with Crippen LogP contribution in [0, 0.1) is 0 Å². The van der Waals surface area contributed by atoms with E-state index in [9.17, 15) is 0 Å². The fourth-order valence-corrected chi connectivity index (χ4v) is 9.59. The van der Waals surface area contributed by atoms with Crippen LogP contribution in [-0.2, 0) is 5.41 Å². The minimum absolute atomic E-state index is 0.168. The van der Waals surface area contributed by atoms with Crippen LogP contribution in [0.4, 0.5) is 34.1 Å². The van der Waals surface area contributed by atoms with Gasteiger partial charge in [-0.3, -0.25) is 0 Å². The zero-order chi connectivity index (χ0) is 40.2. The van der Waals surface area contributed by atoms with Crippen molar-refractivity contribution in [3.63, 3.8) is 0 Å². The first-order chi connectivity index (χ1) is 29.6. The lowest BCUT2D eigenvalue weighted by molar-refractivity contribution is 0.660. The van der Waals surface area contributed by atoms with E-state index >= 15 is 0 Å². The third kappa shape index (κ3) is 5.73. The molecule has 0 saturated heterocycles. The molecule has 0 saturated carbocycles. The van der Waals surface area contributed by atoms with Gasteiger partial charge in [-0.15, -0.1) is 0 Å². The highest BCUT2D eigenvalue weighted by atomic mass is 15.2. The first-order valence-corrected chi connectivity index (χ1v) is 20.8. The molecule has 0 aliphatic heterocycles. The van der Waals surface area contributed by atoms with Gasteiger partial charge in [-0.2, -0.15) is 0 Å². The third-order valence-electron chi connectivity index (χ3n) is 12.3. The Kier molecular flexibility index (Phi) is 8.49. The third-order valence-corrected chi connectivity index (χ3v) is 12.3. The van der Waals surface area contributed by atoms with Gasteiger partial charge in [0.1, 0.15) is 0 Å². The molecule has 3 heteroatoms. The van der Waals surface area contributed by atoms with E-state index in [0.717, 1.165) is 56.4 Å². The Hall–Kier alpha value is -7.62. The molecule has 1 aliphatic rings. The van der Waals surface area contributed by atoms with Gasteiger partial charge in [0, 0.05) is 44.5 Å². The Labute approximate surface area is 351 Å². The van der Waals surface area contributed by atoms with Crippen LogP contribution >= 0.6 is 0 Å². The first-order valence-electron chi connectivity index (χ1n) is 20.8. The standard InChI is InChI=1S/C57H43N3/c1-57(2)50-32-18-15-30-47(50)48-36-35-44(37-51(48)57)59(52-33-19-16-29-46(52)40-21-7-3-8-22-40)45-38-54(58(41-23-9-4-10-24-41)42-25-11-5-12-26-42)56-49-31-17-20-34-53(49)60(55(56)39-45)43-27-13-6-14-28-43/h3-39H,1-2H3. The molecule has 10 aromatic rings. The van der Waals surface area contributed by atoms with Crippen molar-refractivity contribution in [3.8, 4) is 27.9 Å². The molecular weight excluding hydrogens is 727 g/mol. The van der Waals surface area contributed by atoms with Crippen LogP contribution in [0.25, 0.3) is 49.7 Å². The summed E-state index contributed by atoms with van der Waals surface area (Å²) in [4.78, 5) is 4.92. The van der Waals surface area contributed by atoms with Crippen LogP contribution in [0.5, 0.6) is 0 Å². The maximum atomic E-state index is 2.49. The topological polar surface area (TPSA) is 11.4 Å². The molecule has 0 bridgehead atoms. The monoisotopic (exact) mass is 769 g/mol. The number of hydrogen-bond acceptors (Lipinski definition) is 2. The first kappa shape index (κ1) is 35.5. The molecule has 0 N–H and O–H groups in total. The highest BCUT2D eigenvalue weighted by Crippen LogP contribution is 2.53. The van der Waals surface area contributed by atoms with Gasteiger partial charge in [0.25, 0.3) is 0 Å². The summed E-state index contributed by atoms with van der Waals surface area (Å²) in [5.41, 5.74) is 17.4. The lowest BCUT2D eigenvalue weighted by atomic mass is 9.82. The lowest BCUT2D eigenvalue weighted by Crippen LogP contribution is -2.17. The van der Waals surface area contributed by atoms with Crippen LogP contribution < -0.4 is 9.80 Å². The molecule has 0 atom stereocenters. The molecule has 0 fully saturated rings. The SMILES string of the molecule is CC1(C)c2ccccc2-c2ccc(N(c3cc(N(c4ccccc4)c4ccccc4)c4c5ccccc5n(-c5ccccc5)c4c3)c3ccccc3-c3ccccc3)cc21. The van der Waals surface area contributed by atoms with Crippen molar-refractivity contribution in [2.24, 2.45) is 0 Å². The molecule has 0 unspecified atom stereocenters. The number of fused-ring (bicyclic) bond motifs is 6. The molecule has 1 aromatic heterocycles. The van der Waals surface area contributed by atoms with E-state index in [2.05, 4.69) is 253 Å². The smallest absolute Gasteiger partial charge is 0.0583 e. The van der Waals surface area contributed by atoms with E-state index < -0.39 is 0 Å². The van der Waals surface area contributed by atoms with E-state index in [-0.39, 0.29) is 5.41 Å². The maximum Gasteiger partial charge on any atom is 0.0583 e. The van der Waals surface area contributed by atoms with Gasteiger partial charge in [0.15, 0.2) is 0 Å². The Morgan fingerprint density at radius 2 is 0.917 bits per heavy atom. The lowest BCUT2D eigenvalue weighted by Gasteiger charge is -2.32. The van der Waals surface area contributed by atoms with Gasteiger partial charge < -0.3 is 14.4 Å². The highest BCUT2D eigenvalue weighted by molar-refractivity contribution is 6.18. The van der Waals surface area contributed by atoms with E-state index in [1.165, 1.54) is 38.6 Å². The predicted octanol–water partition coefficient (Wildman–Crippen LogP) is 15.7. The second-order valence-corrected chi connectivity index (χ2v) is 16.2. The number of benzene rings is 9. The fraction of sp³-hybridized carbons (Fsp3) is 0.0526. The van der Waals surface area contributed by atoms with E-state index in [1.54, 1.807) is 0 Å². The van der Waals surface area contributed by atoms with E-state index in [1.807, 2.05) is 0 Å². The Morgan fingerprint density at radius 1 is 0.367 bits per heavy atom. The maximum absolute atomic E-state index is 2.49. The van der Waals surface area contributed by atoms with Crippen molar-refractivity contribution in [1.82, 2.24) is 4.57 Å². The quantitative estimate of drug-likeness (QED) is 0.152. The highest BCUT2D eigenvalue weighted by Gasteiger charge is 2.36. The molecule has 0 amide bonds. The molecule has 11 rings (SSSR count). The zero-order valence-corrected chi connectivity index (χ0v) is 33.7. The Bertz CT molecular complexity index is 3130. The largest absolute Gasteiger partial charge is 0.310 e. The minimum atomic E-state index is -0.168. The molecule has 3 nitrogen and oxygen atoms in total. The van der Waals surface area contributed by atoms with E-state index in [4.69, 9.17) is 0 Å². The molecule has 0 radical (unpaired) electrons. The van der Waals surface area contributed by atoms with Crippen LogP contribution in [0.1, 0.15) is 25.0 Å². The molecule has 60 heavy (non-hydrogen) atoms. The second kappa shape index (κ2) is 14.3. The van der Waals surface area contributed by atoms with Gasteiger partial charge in [0.05, 0.1) is 28.1 Å². The summed E-state index contributed by atoms with van der Waals surface area (Å²) in [6.07, 6.45) is 0. The molecule has 0 spiro atoms. The number of rotatable bonds is 8. The van der Waals surface area contributed by atoms with Gasteiger partial charge in [-0.05, 0) is 101 Å². The van der Waals surface area contributed by atoms with Gasteiger partial charge in [-0.1, -0.05) is 166 Å². The molecule has 9 aromatic carbocycles. The van der Waals surface area contributed by atoms with Gasteiger partial charge in [0.2, 0.25) is 0 Å². The van der Waals surface area contributed by atoms with Crippen LogP contribution in [0.2, 0.25) is 0 Å². The van der Waals surface area contributed by atoms with Crippen molar-refractivity contribution < 1.29 is 0 Å². The van der Waals surface area contributed by atoms with Crippen LogP contribution in [0.3, 0.4) is 0 Å². The second-order valence-electron chi connectivity index (χ2n) is 16.2. The van der Waals surface area contributed by atoms with Gasteiger partial charge >= 0.3 is 0 Å². The predicted molar refractivity (Wildman–Crippen MR) is 253 cm³/mol. The van der Waals surface area contributed by atoms with Crippen molar-refractivity contribution in [2.45, 2.75) is 19.3 Å². The van der Waals surface area contributed by atoms with Crippen molar-refractivity contribution in [2.75, 3.05) is 9.80 Å². The van der Waals surface area contributed by atoms with Gasteiger partial charge in [-0.25, -0.2) is 0 Å². The summed E-state index contributed by atoms with van der Waals surface area (Å²) >= 11 is 0. The van der Waals surface area contributed by atoms with E-state index in [0.29, 0.717) is 0 Å². The summed E-state index contributed by atoms with van der Waals surface area (Å²) in [5, 5.41) is 2.38. The molecule has 1 aliphatic carbocycles. The average molecular weight is 770 g/mol. The van der Waals surface area contributed by atoms with Crippen LogP contribution in [0.15, 0.2) is 224 Å². The summed E-state index contributed by atoms with van der Waals surface area (Å²) in [5.74, 6) is 0. The Morgan fingerprint density at radius 3 is 1.63 bits per heavy atom. The zero-order valence-electron chi connectivity index (χ0n) is 33.7. The van der Waals surface area contributed by atoms with Crippen molar-refractivity contribution in [1.29, 1.82) is 0 Å². The van der Waals surface area contributed by atoms with Crippen molar-refractivity contribution in [3.05, 3.63) is 236 Å². The molecule has 286 valence electrons. The number of aromatic nitrogens is 1. The Balaban J connectivity index is 1.27. The number of hydrogen-bond donors (Lipinski definition) is 0. The average Bonchev–Trinajstić information content (AvgIpc) is 3.76. The normalized spacial score (nSPS) is 12.6. The summed E-state index contributed by atoms with van der Waals surface area (Å²) in [7, 11) is 0. The summed E-state index contributed by atoms with van der Waals surface area (Å²) in [6, 6.07) is 81.7. The summed E-state index contributed by atoms with van der Waals surface area (Å²) < 4.78 is 2.44. The molecule has 1 heterocycles. The minimum Gasteiger partial charge on any atom is -0.310 e. The number of para-hydroxylation sites is 5.